The summed E-state index contributed by atoms with van der Waals surface area (Å²) >= 11 is 0. The van der Waals surface area contributed by atoms with Gasteiger partial charge in [0.2, 0.25) is 0 Å². The number of nitrogens with zero attached hydrogens (tertiary/aromatic N) is 1. The van der Waals surface area contributed by atoms with E-state index in [4.69, 9.17) is 5.11 Å². The highest BCUT2D eigenvalue weighted by molar-refractivity contribution is 5.82. The standard InChI is InChI=1S/C14H24N2O3/c1-5-11(12(17)18)15-13(19)16-8-6-10(7-9-16)14(2,3)4/h6,11H,5,7-9H2,1-4H3,(H,15,19)(H,17,18). The van der Waals surface area contributed by atoms with Crippen molar-refractivity contribution < 1.29 is 14.7 Å². The molecule has 0 aromatic heterocycles. The van der Waals surface area contributed by atoms with Gasteiger partial charge in [-0.2, -0.15) is 0 Å². The summed E-state index contributed by atoms with van der Waals surface area (Å²) in [5, 5.41) is 11.5. The zero-order valence-corrected chi connectivity index (χ0v) is 12.2. The van der Waals surface area contributed by atoms with Crippen LogP contribution < -0.4 is 5.32 Å². The molecule has 1 aliphatic heterocycles. The number of aliphatic carboxylic acids is 1. The number of amides is 2. The number of carboxylic acid groups (broad SMARTS) is 1. The molecule has 0 aliphatic carbocycles. The van der Waals surface area contributed by atoms with E-state index in [1.807, 2.05) is 0 Å². The molecule has 0 fully saturated rings. The molecule has 2 amide bonds. The van der Waals surface area contributed by atoms with Gasteiger partial charge in [0.1, 0.15) is 6.04 Å². The van der Waals surface area contributed by atoms with E-state index < -0.39 is 12.0 Å². The molecule has 1 unspecified atom stereocenters. The topological polar surface area (TPSA) is 69.6 Å². The molecular weight excluding hydrogens is 244 g/mol. The van der Waals surface area contributed by atoms with E-state index in [0.717, 1.165) is 6.42 Å². The van der Waals surface area contributed by atoms with Gasteiger partial charge >= 0.3 is 12.0 Å². The Morgan fingerprint density at radius 1 is 1.47 bits per heavy atom. The lowest BCUT2D eigenvalue weighted by atomic mass is 9.83. The number of urea groups is 1. The van der Waals surface area contributed by atoms with Gasteiger partial charge in [-0.25, -0.2) is 9.59 Å². The minimum Gasteiger partial charge on any atom is -0.480 e. The molecule has 5 nitrogen and oxygen atoms in total. The Morgan fingerprint density at radius 2 is 2.11 bits per heavy atom. The molecule has 1 rings (SSSR count). The molecule has 19 heavy (non-hydrogen) atoms. The van der Waals surface area contributed by atoms with Crippen LogP contribution in [0.15, 0.2) is 11.6 Å². The quantitative estimate of drug-likeness (QED) is 0.771. The van der Waals surface area contributed by atoms with E-state index in [9.17, 15) is 9.59 Å². The van der Waals surface area contributed by atoms with Crippen LogP contribution in [-0.2, 0) is 4.79 Å². The number of rotatable bonds is 3. The Hall–Kier alpha value is -1.52. The lowest BCUT2D eigenvalue weighted by Crippen LogP contribution is -2.49. The smallest absolute Gasteiger partial charge is 0.326 e. The maximum Gasteiger partial charge on any atom is 0.326 e. The van der Waals surface area contributed by atoms with Gasteiger partial charge in [0.05, 0.1) is 0 Å². The molecule has 0 aromatic carbocycles. The van der Waals surface area contributed by atoms with Crippen LogP contribution in [0.4, 0.5) is 4.79 Å². The highest BCUT2D eigenvalue weighted by Crippen LogP contribution is 2.29. The minimum absolute atomic E-state index is 0.135. The van der Waals surface area contributed by atoms with E-state index in [0.29, 0.717) is 19.5 Å². The first-order valence-corrected chi connectivity index (χ1v) is 6.73. The maximum absolute atomic E-state index is 12.0. The fourth-order valence-electron chi connectivity index (χ4n) is 2.11. The Bertz CT molecular complexity index is 383. The normalized spacial score (nSPS) is 17.7. The summed E-state index contributed by atoms with van der Waals surface area (Å²) < 4.78 is 0. The largest absolute Gasteiger partial charge is 0.480 e. The van der Waals surface area contributed by atoms with Crippen molar-refractivity contribution in [2.45, 2.75) is 46.6 Å². The zero-order valence-electron chi connectivity index (χ0n) is 12.2. The van der Waals surface area contributed by atoms with Gasteiger partial charge in [-0.1, -0.05) is 39.3 Å². The van der Waals surface area contributed by atoms with Crippen molar-refractivity contribution in [1.29, 1.82) is 0 Å². The number of hydrogen-bond donors (Lipinski definition) is 2. The van der Waals surface area contributed by atoms with Crippen LogP contribution in [0, 0.1) is 5.41 Å². The monoisotopic (exact) mass is 268 g/mol. The van der Waals surface area contributed by atoms with E-state index in [1.165, 1.54) is 5.57 Å². The van der Waals surface area contributed by atoms with Crippen molar-refractivity contribution in [3.05, 3.63) is 11.6 Å². The van der Waals surface area contributed by atoms with Crippen molar-refractivity contribution in [2.24, 2.45) is 5.41 Å². The summed E-state index contributed by atoms with van der Waals surface area (Å²) in [4.78, 5) is 24.5. The van der Waals surface area contributed by atoms with Crippen molar-refractivity contribution in [1.82, 2.24) is 10.2 Å². The summed E-state index contributed by atoms with van der Waals surface area (Å²) in [5.41, 5.74) is 1.48. The number of carboxylic acids is 1. The van der Waals surface area contributed by atoms with E-state index in [2.05, 4.69) is 32.2 Å². The van der Waals surface area contributed by atoms with Gasteiger partial charge < -0.3 is 15.3 Å². The first-order chi connectivity index (χ1) is 8.75. The van der Waals surface area contributed by atoms with Crippen LogP contribution in [0.2, 0.25) is 0 Å². The van der Waals surface area contributed by atoms with Gasteiger partial charge in [-0.05, 0) is 18.3 Å². The molecule has 1 aliphatic rings. The van der Waals surface area contributed by atoms with E-state index >= 15 is 0 Å². The number of carbonyl (C=O) groups excluding carboxylic acids is 1. The molecule has 0 radical (unpaired) electrons. The fourth-order valence-corrected chi connectivity index (χ4v) is 2.11. The van der Waals surface area contributed by atoms with Crippen LogP contribution in [0.1, 0.15) is 40.5 Å². The molecular formula is C14H24N2O3. The molecule has 0 saturated heterocycles. The molecule has 108 valence electrons. The third kappa shape index (κ3) is 4.26. The average molecular weight is 268 g/mol. The molecule has 2 N–H and O–H groups in total. The molecule has 0 spiro atoms. The van der Waals surface area contributed by atoms with Crippen LogP contribution in [-0.4, -0.2) is 41.1 Å². The summed E-state index contributed by atoms with van der Waals surface area (Å²) in [5.74, 6) is -0.987. The molecule has 5 heteroatoms. The summed E-state index contributed by atoms with van der Waals surface area (Å²) in [7, 11) is 0. The predicted molar refractivity (Wildman–Crippen MR) is 74.0 cm³/mol. The molecule has 1 heterocycles. The summed E-state index contributed by atoms with van der Waals surface area (Å²) in [6.45, 7) is 9.41. The Morgan fingerprint density at radius 3 is 2.47 bits per heavy atom. The van der Waals surface area contributed by atoms with Crippen molar-refractivity contribution in [3.63, 3.8) is 0 Å². The fraction of sp³-hybridized carbons (Fsp3) is 0.714. The average Bonchev–Trinajstić information content (AvgIpc) is 2.34. The highest BCUT2D eigenvalue weighted by atomic mass is 16.4. The molecule has 0 bridgehead atoms. The number of hydrogen-bond acceptors (Lipinski definition) is 2. The van der Waals surface area contributed by atoms with Gasteiger partial charge in [-0.15, -0.1) is 0 Å². The third-order valence-corrected chi connectivity index (χ3v) is 3.46. The van der Waals surface area contributed by atoms with Crippen LogP contribution >= 0.6 is 0 Å². The second kappa shape index (κ2) is 6.08. The molecule has 0 aromatic rings. The third-order valence-electron chi connectivity index (χ3n) is 3.46. The van der Waals surface area contributed by atoms with Crippen LogP contribution in [0.5, 0.6) is 0 Å². The maximum atomic E-state index is 12.0. The van der Waals surface area contributed by atoms with Crippen molar-refractivity contribution in [3.8, 4) is 0 Å². The minimum atomic E-state index is -0.987. The first kappa shape index (κ1) is 15.5. The Labute approximate surface area is 114 Å². The van der Waals surface area contributed by atoms with Gasteiger partial charge in [0.15, 0.2) is 0 Å². The second-order valence-electron chi connectivity index (χ2n) is 5.92. The Balaban J connectivity index is 2.58. The second-order valence-corrected chi connectivity index (χ2v) is 5.92. The van der Waals surface area contributed by atoms with Gasteiger partial charge in [-0.3, -0.25) is 0 Å². The first-order valence-electron chi connectivity index (χ1n) is 6.73. The van der Waals surface area contributed by atoms with E-state index in [1.54, 1.807) is 11.8 Å². The summed E-state index contributed by atoms with van der Waals surface area (Å²) in [6.07, 6.45) is 3.31. The lowest BCUT2D eigenvalue weighted by molar-refractivity contribution is -0.139. The number of carbonyl (C=O) groups is 2. The lowest BCUT2D eigenvalue weighted by Gasteiger charge is -2.32. The SMILES string of the molecule is CCC(NC(=O)N1CC=C(C(C)(C)C)CC1)C(=O)O. The highest BCUT2D eigenvalue weighted by Gasteiger charge is 2.25. The molecule has 1 atom stereocenters. The van der Waals surface area contributed by atoms with Gasteiger partial charge in [0.25, 0.3) is 0 Å². The van der Waals surface area contributed by atoms with Crippen LogP contribution in [0.25, 0.3) is 0 Å². The van der Waals surface area contributed by atoms with Crippen LogP contribution in [0.3, 0.4) is 0 Å². The number of nitrogens with one attached hydrogen (secondary N) is 1. The van der Waals surface area contributed by atoms with E-state index in [-0.39, 0.29) is 11.4 Å². The van der Waals surface area contributed by atoms with Crippen molar-refractivity contribution in [2.75, 3.05) is 13.1 Å². The zero-order chi connectivity index (χ0) is 14.6. The van der Waals surface area contributed by atoms with Crippen molar-refractivity contribution >= 4 is 12.0 Å². The molecule has 0 saturated carbocycles. The Kier molecular flexibility index (Phi) is 4.97. The van der Waals surface area contributed by atoms with Gasteiger partial charge in [0, 0.05) is 13.1 Å². The summed E-state index contributed by atoms with van der Waals surface area (Å²) in [6, 6.07) is -1.10. The predicted octanol–water partition coefficient (Wildman–Crippen LogP) is 2.24.